The summed E-state index contributed by atoms with van der Waals surface area (Å²) < 4.78 is 34.6. The van der Waals surface area contributed by atoms with E-state index in [9.17, 15) is 19.4 Å². The number of halogens is 2. The molecule has 2 heterocycles. The largest absolute Gasteiger partial charge is 0.494 e. The minimum absolute atomic E-state index is 0.0441. The van der Waals surface area contributed by atoms with Crippen LogP contribution in [0.4, 0.5) is 8.78 Å². The molecule has 4 rings (SSSR count). The summed E-state index contributed by atoms with van der Waals surface area (Å²) in [5.41, 5.74) is -1.88. The number of rotatable bonds is 8. The third kappa shape index (κ3) is 5.64. The molecule has 2 aromatic carbocycles. The van der Waals surface area contributed by atoms with Crippen molar-refractivity contribution >= 4 is 16.8 Å². The number of aromatic nitrogens is 3. The lowest BCUT2D eigenvalue weighted by Gasteiger charge is -2.33. The smallest absolute Gasteiger partial charge is 0.251 e. The van der Waals surface area contributed by atoms with Gasteiger partial charge in [-0.3, -0.25) is 4.79 Å². The predicted molar refractivity (Wildman–Crippen MR) is 147 cm³/mol. The highest BCUT2D eigenvalue weighted by Gasteiger charge is 2.38. The van der Waals surface area contributed by atoms with Crippen molar-refractivity contribution in [1.82, 2.24) is 20.5 Å². The van der Waals surface area contributed by atoms with Crippen LogP contribution in [0.15, 0.2) is 48.5 Å². The van der Waals surface area contributed by atoms with E-state index in [0.29, 0.717) is 22.3 Å². The maximum atomic E-state index is 15.6. The molecule has 4 aromatic rings. The Kier molecular flexibility index (Phi) is 7.87. The number of aliphatic hydroxyl groups is 2. The summed E-state index contributed by atoms with van der Waals surface area (Å²) >= 11 is 0. The summed E-state index contributed by atoms with van der Waals surface area (Å²) in [5.74, 6) is -1.91. The first-order valence-corrected chi connectivity index (χ1v) is 12.8. The number of amides is 1. The van der Waals surface area contributed by atoms with Crippen LogP contribution in [0.5, 0.6) is 5.75 Å². The second-order valence-electron chi connectivity index (χ2n) is 10.6. The molecular weight excluding hydrogens is 518 g/mol. The summed E-state index contributed by atoms with van der Waals surface area (Å²) in [6.07, 6.45) is 0. The molecule has 0 fully saturated rings. The van der Waals surface area contributed by atoms with Crippen LogP contribution in [0.3, 0.4) is 0 Å². The van der Waals surface area contributed by atoms with E-state index < -0.39 is 34.7 Å². The zero-order chi connectivity index (χ0) is 29.4. The summed E-state index contributed by atoms with van der Waals surface area (Å²) in [7, 11) is 1.47. The Balaban J connectivity index is 1.75. The average Bonchev–Trinajstić information content (AvgIpc) is 2.90. The van der Waals surface area contributed by atoms with Crippen LogP contribution >= 0.6 is 0 Å². The van der Waals surface area contributed by atoms with Gasteiger partial charge in [-0.25, -0.2) is 13.8 Å². The SMILES string of the molecule is COc1cc(C(=O)NC[C@](O)(c2cc(C(C)(C)O)c(F)c(-c3ccc(F)cc3)n2)C(C)C)cc2cc(C)nnc12. The maximum absolute atomic E-state index is 15.6. The molecule has 10 heteroatoms. The van der Waals surface area contributed by atoms with E-state index in [0.717, 1.165) is 0 Å². The van der Waals surface area contributed by atoms with Gasteiger partial charge in [-0.1, -0.05) is 13.8 Å². The fourth-order valence-corrected chi connectivity index (χ4v) is 4.42. The summed E-state index contributed by atoms with van der Waals surface area (Å²) in [5, 5.41) is 34.2. The highest BCUT2D eigenvalue weighted by atomic mass is 19.1. The molecule has 0 saturated carbocycles. The molecule has 0 saturated heterocycles. The molecule has 1 atom stereocenters. The zero-order valence-corrected chi connectivity index (χ0v) is 23.2. The van der Waals surface area contributed by atoms with Crippen molar-refractivity contribution in [2.75, 3.05) is 13.7 Å². The fourth-order valence-electron chi connectivity index (χ4n) is 4.42. The number of carbonyl (C=O) groups is 1. The van der Waals surface area contributed by atoms with Crippen molar-refractivity contribution in [2.45, 2.75) is 45.8 Å². The molecule has 0 unspecified atom stereocenters. The number of pyridine rings is 1. The molecule has 8 nitrogen and oxygen atoms in total. The van der Waals surface area contributed by atoms with Crippen molar-refractivity contribution < 1.29 is 28.5 Å². The van der Waals surface area contributed by atoms with Crippen molar-refractivity contribution in [3.05, 3.63) is 82.7 Å². The molecule has 2 aromatic heterocycles. The zero-order valence-electron chi connectivity index (χ0n) is 23.2. The number of nitrogens with zero attached hydrogens (tertiary/aromatic N) is 3. The minimum atomic E-state index is -1.76. The molecule has 3 N–H and O–H groups in total. The standard InChI is InChI=1S/C30H32F2N4O4/c1-16(2)30(39,15-33-28(37)20-12-19-11-17(3)35-36-26(19)23(13-20)40-6)24-14-22(29(4,5)38)25(32)27(34-24)18-7-9-21(31)10-8-18/h7-14,16,38-39H,15H2,1-6H3,(H,33,37)/t30-/m1/s1. The number of benzene rings is 2. The van der Waals surface area contributed by atoms with Gasteiger partial charge in [0, 0.05) is 22.1 Å². The van der Waals surface area contributed by atoms with E-state index in [2.05, 4.69) is 20.5 Å². The van der Waals surface area contributed by atoms with Gasteiger partial charge in [-0.2, -0.15) is 5.10 Å². The lowest BCUT2D eigenvalue weighted by molar-refractivity contribution is -0.0129. The van der Waals surface area contributed by atoms with Gasteiger partial charge < -0.3 is 20.3 Å². The fraction of sp³-hybridized carbons (Fsp3) is 0.333. The first kappa shape index (κ1) is 29.0. The van der Waals surface area contributed by atoms with Crippen molar-refractivity contribution in [1.29, 1.82) is 0 Å². The Bertz CT molecular complexity index is 1570. The van der Waals surface area contributed by atoms with Crippen LogP contribution in [0.2, 0.25) is 0 Å². The molecule has 0 aliphatic heterocycles. The minimum Gasteiger partial charge on any atom is -0.494 e. The van der Waals surface area contributed by atoms with Gasteiger partial charge in [0.15, 0.2) is 5.82 Å². The van der Waals surface area contributed by atoms with E-state index in [4.69, 9.17) is 4.74 Å². The first-order chi connectivity index (χ1) is 18.7. The van der Waals surface area contributed by atoms with Crippen LogP contribution in [0.1, 0.15) is 55.0 Å². The quantitative estimate of drug-likeness (QED) is 0.289. The van der Waals surface area contributed by atoms with E-state index in [1.165, 1.54) is 57.4 Å². The summed E-state index contributed by atoms with van der Waals surface area (Å²) in [6, 6.07) is 11.4. The molecule has 0 radical (unpaired) electrons. The van der Waals surface area contributed by atoms with Gasteiger partial charge in [-0.05, 0) is 75.2 Å². The molecule has 1 amide bonds. The first-order valence-electron chi connectivity index (χ1n) is 12.8. The number of ether oxygens (including phenoxy) is 1. The second kappa shape index (κ2) is 10.9. The van der Waals surface area contributed by atoms with Crippen molar-refractivity contribution in [3.8, 4) is 17.0 Å². The Morgan fingerprint density at radius 2 is 1.73 bits per heavy atom. The third-order valence-electron chi connectivity index (χ3n) is 6.91. The van der Waals surface area contributed by atoms with Crippen LogP contribution in [-0.4, -0.2) is 45.0 Å². The summed E-state index contributed by atoms with van der Waals surface area (Å²) in [6.45, 7) is 7.81. The molecule has 210 valence electrons. The average molecular weight is 551 g/mol. The Hall–Kier alpha value is -4.02. The molecular formula is C30H32F2N4O4. The Labute approximate surface area is 231 Å². The molecule has 0 aliphatic carbocycles. The molecule has 0 spiro atoms. The van der Waals surface area contributed by atoms with Crippen LogP contribution < -0.4 is 10.1 Å². The van der Waals surface area contributed by atoms with Gasteiger partial charge in [0.05, 0.1) is 30.6 Å². The number of carbonyl (C=O) groups excluding carboxylic acids is 1. The summed E-state index contributed by atoms with van der Waals surface area (Å²) in [4.78, 5) is 17.7. The van der Waals surface area contributed by atoms with E-state index in [1.807, 2.05) is 0 Å². The Morgan fingerprint density at radius 3 is 2.33 bits per heavy atom. The molecule has 40 heavy (non-hydrogen) atoms. The highest BCUT2D eigenvalue weighted by molar-refractivity contribution is 5.99. The van der Waals surface area contributed by atoms with Crippen LogP contribution in [0, 0.1) is 24.5 Å². The van der Waals surface area contributed by atoms with Gasteiger partial charge >= 0.3 is 0 Å². The second-order valence-corrected chi connectivity index (χ2v) is 10.6. The monoisotopic (exact) mass is 550 g/mol. The van der Waals surface area contributed by atoms with Crippen LogP contribution in [-0.2, 0) is 11.2 Å². The van der Waals surface area contributed by atoms with Crippen molar-refractivity contribution in [3.63, 3.8) is 0 Å². The predicted octanol–water partition coefficient (Wildman–Crippen LogP) is 4.79. The topological polar surface area (TPSA) is 117 Å². The number of nitrogens with one attached hydrogen (secondary N) is 1. The third-order valence-corrected chi connectivity index (χ3v) is 6.91. The number of hydrogen-bond donors (Lipinski definition) is 3. The van der Waals surface area contributed by atoms with E-state index >= 15 is 4.39 Å². The maximum Gasteiger partial charge on any atom is 0.251 e. The van der Waals surface area contributed by atoms with E-state index in [-0.39, 0.29) is 34.6 Å². The van der Waals surface area contributed by atoms with Crippen molar-refractivity contribution in [2.24, 2.45) is 5.92 Å². The number of fused-ring (bicyclic) bond motifs is 1. The van der Waals surface area contributed by atoms with Gasteiger partial charge in [0.25, 0.3) is 5.91 Å². The van der Waals surface area contributed by atoms with Crippen LogP contribution in [0.25, 0.3) is 22.2 Å². The lowest BCUT2D eigenvalue weighted by Crippen LogP contribution is -2.45. The lowest BCUT2D eigenvalue weighted by atomic mass is 9.83. The number of methoxy groups -OCH3 is 1. The number of aryl methyl sites for hydroxylation is 1. The normalized spacial score (nSPS) is 13.4. The highest BCUT2D eigenvalue weighted by Crippen LogP contribution is 2.36. The van der Waals surface area contributed by atoms with Gasteiger partial charge in [-0.15, -0.1) is 5.10 Å². The molecule has 0 aliphatic rings. The van der Waals surface area contributed by atoms with E-state index in [1.54, 1.807) is 32.9 Å². The molecule has 0 bridgehead atoms. The van der Waals surface area contributed by atoms with Gasteiger partial charge in [0.1, 0.15) is 28.4 Å². The Morgan fingerprint density at radius 1 is 1.05 bits per heavy atom. The number of hydrogen-bond acceptors (Lipinski definition) is 7. The van der Waals surface area contributed by atoms with Gasteiger partial charge in [0.2, 0.25) is 0 Å².